The van der Waals surface area contributed by atoms with Crippen molar-refractivity contribution in [2.45, 2.75) is 194 Å². The van der Waals surface area contributed by atoms with E-state index >= 15 is 0 Å². The number of nitrogens with one attached hydrogen (secondary N) is 5. The molecule has 0 saturated heterocycles. The van der Waals surface area contributed by atoms with Crippen LogP contribution in [0.4, 0.5) is 0 Å². The second-order valence-corrected chi connectivity index (χ2v) is 25.9. The number of pyridine rings is 3. The lowest BCUT2D eigenvalue weighted by molar-refractivity contribution is -0.120. The summed E-state index contributed by atoms with van der Waals surface area (Å²) in [7, 11) is 0. The fraction of sp³-hybridized carbons (Fsp3) is 0.455. The predicted octanol–water partition coefficient (Wildman–Crippen LogP) is 9.76. The highest BCUT2D eigenvalue weighted by atomic mass is 16.4. The van der Waals surface area contributed by atoms with Crippen LogP contribution in [0, 0.1) is 6.92 Å². The molecule has 33 nitrogen and oxygen atoms in total. The quantitative estimate of drug-likeness (QED) is 0.0163. The molecule has 1 saturated carbocycles. The Labute approximate surface area is 640 Å². The van der Waals surface area contributed by atoms with E-state index in [0.29, 0.717) is 122 Å². The molecule has 1 aliphatic rings. The minimum absolute atomic E-state index is 0. The van der Waals surface area contributed by atoms with Crippen LogP contribution in [0.5, 0.6) is 0 Å². The predicted molar refractivity (Wildman–Crippen MR) is 412 cm³/mol. The third-order valence-corrected chi connectivity index (χ3v) is 16.8. The van der Waals surface area contributed by atoms with Crippen molar-refractivity contribution in [3.63, 3.8) is 0 Å². The fourth-order valence-corrected chi connectivity index (χ4v) is 11.2. The summed E-state index contributed by atoms with van der Waals surface area (Å²) >= 11 is 0. The zero-order valence-corrected chi connectivity index (χ0v) is 62.9. The van der Waals surface area contributed by atoms with E-state index in [1.807, 2.05) is 60.7 Å². The van der Waals surface area contributed by atoms with Crippen molar-refractivity contribution in [2.75, 3.05) is 32.7 Å². The first-order valence-electron chi connectivity index (χ1n) is 36.8. The van der Waals surface area contributed by atoms with E-state index in [1.165, 1.54) is 45.7 Å². The minimum atomic E-state index is -0.293. The van der Waals surface area contributed by atoms with Crippen molar-refractivity contribution in [1.29, 1.82) is 0 Å². The molecule has 1 fully saturated rings. The summed E-state index contributed by atoms with van der Waals surface area (Å²) in [4.78, 5) is 69.0. The number of amides is 5. The highest BCUT2D eigenvalue weighted by Gasteiger charge is 2.51. The number of carbonyl (C=O) groups excluding carboxylic acids is 5. The number of rotatable bonds is 36. The summed E-state index contributed by atoms with van der Waals surface area (Å²) in [5.74, 6) is 3.69. The Morgan fingerprint density at radius 2 is 0.700 bits per heavy atom. The van der Waals surface area contributed by atoms with E-state index in [2.05, 4.69) is 124 Å². The van der Waals surface area contributed by atoms with Crippen molar-refractivity contribution in [3.8, 4) is 46.1 Å². The molecule has 1 aliphatic carbocycles. The molecule has 8 heterocycles. The highest BCUT2D eigenvalue weighted by Crippen LogP contribution is 2.53. The van der Waals surface area contributed by atoms with Gasteiger partial charge in [-0.2, -0.15) is 0 Å². The number of nitrogens with two attached hydrogens (primary N) is 5. The zero-order chi connectivity index (χ0) is 78.2. The van der Waals surface area contributed by atoms with Gasteiger partial charge in [0, 0.05) is 65.0 Å². The summed E-state index contributed by atoms with van der Waals surface area (Å²) in [5, 5.41) is 55.0. The number of carbonyl (C=O) groups is 5. The van der Waals surface area contributed by atoms with Gasteiger partial charge in [0.1, 0.15) is 41.6 Å². The van der Waals surface area contributed by atoms with E-state index in [4.69, 9.17) is 50.8 Å². The van der Waals surface area contributed by atoms with E-state index in [9.17, 15) is 24.0 Å². The van der Waals surface area contributed by atoms with Gasteiger partial charge in [-0.15, -0.1) is 51.0 Å². The maximum Gasteiger partial charge on any atom is 0.266 e. The normalized spacial score (nSPS) is 13.0. The van der Waals surface area contributed by atoms with Crippen molar-refractivity contribution in [2.24, 2.45) is 28.7 Å². The number of nitrogens with zero attached hydrogens (tertiary/aromatic N) is 13. The molecule has 33 heteroatoms. The Morgan fingerprint density at radius 1 is 0.373 bits per heavy atom. The van der Waals surface area contributed by atoms with Crippen LogP contribution in [0.3, 0.4) is 0 Å². The fourth-order valence-electron chi connectivity index (χ4n) is 11.2. The first-order valence-corrected chi connectivity index (χ1v) is 36.8. The van der Waals surface area contributed by atoms with Crippen molar-refractivity contribution < 1.29 is 46.1 Å². The van der Waals surface area contributed by atoms with Crippen molar-refractivity contribution in [3.05, 3.63) is 174 Å². The molecule has 11 rings (SSSR count). The smallest absolute Gasteiger partial charge is 0.266 e. The Bertz CT molecular complexity index is 3840. The number of hydrogen-bond donors (Lipinski definition) is 10. The second-order valence-electron chi connectivity index (χ2n) is 25.9. The number of aromatic nitrogens is 13. The van der Waals surface area contributed by atoms with Crippen LogP contribution in [0.15, 0.2) is 150 Å². The van der Waals surface area contributed by atoms with E-state index in [1.54, 1.807) is 43.0 Å². The van der Waals surface area contributed by atoms with Gasteiger partial charge in [0.25, 0.3) is 11.8 Å². The van der Waals surface area contributed by atoms with Gasteiger partial charge < -0.3 is 77.3 Å². The Hall–Kier alpha value is -11.3. The number of unbranched alkanes of at least 4 members (excludes halogenated alkanes) is 5. The lowest BCUT2D eigenvalue weighted by Crippen LogP contribution is -2.26. The maximum atomic E-state index is 11.5. The first kappa shape index (κ1) is 87.6. The Balaban J connectivity index is 0.000000215. The van der Waals surface area contributed by atoms with Crippen molar-refractivity contribution >= 4 is 29.5 Å². The molecule has 2 aromatic carbocycles. The Kier molecular flexibility index (Phi) is 37.9. The standard InChI is InChI=1S/C19H26N4O2.C15H20N4O2.3C14H19N5O2.CH4/c1-13-6-8-15(9-7-13)19(10-11-19)18-23-22-17(25-18)16(21-14(2)24)5-3-4-12-20;1-11(20)17-13(9-5-6-10-16)15-19-18-14(21-15)12-7-3-2-4-8-12;2*1-10(20)17-12(7-2-4-8-15)14-19-18-13(21-14)11-6-3-5-9-16-11;1-10(20)17-12(6-2-3-7-15)14-19-18-13(21-14)11-5-4-8-16-9-11;/h6-9,16H,3-5,10-12,20H2,1-2H3,(H,21,24);2-4,7-8,13H,5-6,9-10,16H2,1H3,(H,17,20);2*3,5-6,9,12H,2,4,7-8,15H2,1H3,(H,17,20);4-5,8-9,12H,2-3,6-7,15H2,1H3,(H,17,20);1H4/t16-;13-;3*12-;/m00000./s1. The molecule has 110 heavy (non-hydrogen) atoms. The molecular formula is C77H107N23O10. The van der Waals surface area contributed by atoms with Crippen LogP contribution in [0.1, 0.15) is 228 Å². The SMILES string of the molecule is C.CC(=O)N[C@@H](CCCCN)c1nnc(-c2ccccc2)o1.CC(=O)N[C@@H](CCCCN)c1nnc(-c2ccccn2)o1.CC(=O)N[C@@H](CCCCN)c1nnc(-c2ccccn2)o1.CC(=O)N[C@@H](CCCCN)c1nnc(-c2cccnc2)o1.CC(=O)N[C@@H](CCCCN)c1nnc(C2(c3ccc(C)cc3)CC2)o1. The molecule has 5 amide bonds. The third kappa shape index (κ3) is 29.4. The molecule has 0 aliphatic heterocycles. The van der Waals surface area contributed by atoms with Crippen LogP contribution in [-0.4, -0.2) is 128 Å². The summed E-state index contributed by atoms with van der Waals surface area (Å²) in [6.07, 6.45) is 21.2. The van der Waals surface area contributed by atoms with Gasteiger partial charge in [0.2, 0.25) is 76.7 Å². The monoisotopic (exact) mass is 1510 g/mol. The highest BCUT2D eigenvalue weighted by molar-refractivity contribution is 5.75. The molecule has 5 atom stereocenters. The lowest BCUT2D eigenvalue weighted by atomic mass is 9.95. The first-order chi connectivity index (χ1) is 52.9. The Morgan fingerprint density at radius 3 is 1.03 bits per heavy atom. The molecule has 8 aromatic heterocycles. The van der Waals surface area contributed by atoms with Gasteiger partial charge in [-0.05, 0) is 203 Å². The van der Waals surface area contributed by atoms with Gasteiger partial charge in [0.05, 0.1) is 11.0 Å². The van der Waals surface area contributed by atoms with Gasteiger partial charge in [-0.1, -0.05) is 67.6 Å². The number of hydrogen-bond acceptors (Lipinski definition) is 28. The van der Waals surface area contributed by atoms with Crippen molar-refractivity contribution in [1.82, 2.24) is 92.5 Å². The van der Waals surface area contributed by atoms with Crippen LogP contribution >= 0.6 is 0 Å². The maximum absolute atomic E-state index is 11.5. The summed E-state index contributed by atoms with van der Waals surface area (Å²) in [6.45, 7) is 12.6. The van der Waals surface area contributed by atoms with Crippen LogP contribution in [0.2, 0.25) is 0 Å². The van der Waals surface area contributed by atoms with Gasteiger partial charge in [-0.25, -0.2) is 0 Å². The topological polar surface area (TPSA) is 509 Å². The molecule has 0 unspecified atom stereocenters. The average Bonchev–Trinajstić information content (AvgIpc) is 1.58. The van der Waals surface area contributed by atoms with E-state index < -0.39 is 0 Å². The summed E-state index contributed by atoms with van der Waals surface area (Å²) < 4.78 is 28.6. The third-order valence-electron chi connectivity index (χ3n) is 16.8. The molecule has 0 radical (unpaired) electrons. The van der Waals surface area contributed by atoms with E-state index in [-0.39, 0.29) is 72.6 Å². The molecule has 590 valence electrons. The van der Waals surface area contributed by atoms with Crippen LogP contribution in [-0.2, 0) is 29.4 Å². The van der Waals surface area contributed by atoms with Gasteiger partial charge in [-0.3, -0.25) is 38.9 Å². The minimum Gasteiger partial charge on any atom is -0.422 e. The lowest BCUT2D eigenvalue weighted by Gasteiger charge is -2.14. The molecule has 10 aromatic rings. The molecule has 0 bridgehead atoms. The molecule has 15 N–H and O–H groups in total. The molecule has 0 spiro atoms. The average molecular weight is 1510 g/mol. The second kappa shape index (κ2) is 47.5. The molecular weight excluding hydrogens is 1410 g/mol. The van der Waals surface area contributed by atoms with Crippen LogP contribution < -0.4 is 55.3 Å². The van der Waals surface area contributed by atoms with Gasteiger partial charge in [0.15, 0.2) is 0 Å². The zero-order valence-electron chi connectivity index (χ0n) is 62.9. The number of benzene rings is 2. The van der Waals surface area contributed by atoms with Crippen LogP contribution in [0.25, 0.3) is 46.1 Å². The van der Waals surface area contributed by atoms with Gasteiger partial charge >= 0.3 is 0 Å². The van der Waals surface area contributed by atoms with E-state index in [0.717, 1.165) is 101 Å². The number of aryl methyl sites for hydroxylation is 1. The summed E-state index contributed by atoms with van der Waals surface area (Å²) in [5.41, 5.74) is 32.6. The largest absolute Gasteiger partial charge is 0.422 e. The summed E-state index contributed by atoms with van der Waals surface area (Å²) in [6, 6.07) is 31.2.